The summed E-state index contributed by atoms with van der Waals surface area (Å²) in [5.41, 5.74) is 2.19. The van der Waals surface area contributed by atoms with Crippen LogP contribution in [-0.4, -0.2) is 53.1 Å². The summed E-state index contributed by atoms with van der Waals surface area (Å²) < 4.78 is 0. The Labute approximate surface area is 101 Å². The van der Waals surface area contributed by atoms with Gasteiger partial charge in [-0.15, -0.1) is 0 Å². The Morgan fingerprint density at radius 2 is 1.94 bits per heavy atom. The van der Waals surface area contributed by atoms with Crippen molar-refractivity contribution in [3.8, 4) is 0 Å². The fourth-order valence-corrected chi connectivity index (χ4v) is 2.54. The fraction of sp³-hybridized carbons (Fsp3) is 0.462. The van der Waals surface area contributed by atoms with Gasteiger partial charge in [0.15, 0.2) is 0 Å². The number of nitrogens with zero attached hydrogens (tertiary/aromatic N) is 3. The molecule has 1 fully saturated rings. The van der Waals surface area contributed by atoms with Crippen molar-refractivity contribution in [1.29, 1.82) is 0 Å². The second-order valence-corrected chi connectivity index (χ2v) is 4.85. The molecule has 1 aromatic heterocycles. The summed E-state index contributed by atoms with van der Waals surface area (Å²) in [6.07, 6.45) is 1.43. The first kappa shape index (κ1) is 10.7. The van der Waals surface area contributed by atoms with Gasteiger partial charge in [0.2, 0.25) is 0 Å². The van der Waals surface area contributed by atoms with Crippen molar-refractivity contribution in [2.24, 2.45) is 0 Å². The molecule has 1 aliphatic rings. The Bertz CT molecular complexity index is 476. The van der Waals surface area contributed by atoms with Crippen LogP contribution in [0.15, 0.2) is 24.3 Å². The second kappa shape index (κ2) is 4.13. The zero-order valence-corrected chi connectivity index (χ0v) is 10.3. The lowest BCUT2D eigenvalue weighted by atomic mass is 10.3. The molecular formula is C13H18N4. The third-order valence-corrected chi connectivity index (χ3v) is 3.64. The number of aromatic nitrogens is 2. The van der Waals surface area contributed by atoms with Crippen molar-refractivity contribution < 1.29 is 0 Å². The van der Waals surface area contributed by atoms with Crippen LogP contribution in [0.1, 0.15) is 5.82 Å². The van der Waals surface area contributed by atoms with Gasteiger partial charge in [0, 0.05) is 19.5 Å². The first-order valence-electron chi connectivity index (χ1n) is 6.08. The van der Waals surface area contributed by atoms with Gasteiger partial charge >= 0.3 is 0 Å². The topological polar surface area (TPSA) is 35.2 Å². The molecule has 0 atom stereocenters. The van der Waals surface area contributed by atoms with Crippen LogP contribution in [0.3, 0.4) is 0 Å². The normalized spacial score (nSPS) is 19.4. The lowest BCUT2D eigenvalue weighted by Crippen LogP contribution is -2.36. The molecule has 3 rings (SSSR count). The van der Waals surface area contributed by atoms with Crippen LogP contribution in [0, 0.1) is 0 Å². The average molecular weight is 230 g/mol. The number of fused-ring (bicyclic) bond motifs is 1. The monoisotopic (exact) mass is 230 g/mol. The van der Waals surface area contributed by atoms with Crippen LogP contribution in [0.4, 0.5) is 0 Å². The number of H-pyrrole nitrogens is 1. The number of hydrogen-bond acceptors (Lipinski definition) is 3. The molecule has 1 saturated heterocycles. The molecule has 0 amide bonds. The second-order valence-electron chi connectivity index (χ2n) is 4.85. The first-order chi connectivity index (χ1) is 8.24. The number of imidazole rings is 1. The number of para-hydroxylation sites is 2. The van der Waals surface area contributed by atoms with E-state index >= 15 is 0 Å². The van der Waals surface area contributed by atoms with E-state index in [0.717, 1.165) is 36.4 Å². The smallest absolute Gasteiger partial charge is 0.110 e. The van der Waals surface area contributed by atoms with Crippen molar-refractivity contribution in [3.05, 3.63) is 30.1 Å². The van der Waals surface area contributed by atoms with Crippen LogP contribution in [0.2, 0.25) is 0 Å². The Morgan fingerprint density at radius 3 is 2.65 bits per heavy atom. The minimum Gasteiger partial charge on any atom is -0.342 e. The molecule has 0 bridgehead atoms. The molecule has 17 heavy (non-hydrogen) atoms. The molecule has 0 unspecified atom stereocenters. The molecule has 2 heterocycles. The highest BCUT2D eigenvalue weighted by molar-refractivity contribution is 5.74. The summed E-state index contributed by atoms with van der Waals surface area (Å²) in [5, 5.41) is 0. The van der Waals surface area contributed by atoms with Gasteiger partial charge in [-0.2, -0.15) is 0 Å². The molecule has 0 spiro atoms. The van der Waals surface area contributed by atoms with E-state index < -0.39 is 0 Å². The summed E-state index contributed by atoms with van der Waals surface area (Å²) in [6, 6.07) is 8.20. The van der Waals surface area contributed by atoms with Gasteiger partial charge in [0.25, 0.3) is 0 Å². The van der Waals surface area contributed by atoms with Gasteiger partial charge in [-0.1, -0.05) is 12.1 Å². The highest BCUT2D eigenvalue weighted by Crippen LogP contribution is 2.16. The molecule has 1 aliphatic heterocycles. The molecule has 0 aliphatic carbocycles. The molecule has 2 aromatic rings. The zero-order chi connectivity index (χ0) is 11.8. The molecule has 0 radical (unpaired) electrons. The highest BCUT2D eigenvalue weighted by atomic mass is 15.4. The van der Waals surface area contributed by atoms with Gasteiger partial charge in [-0.25, -0.2) is 4.98 Å². The van der Waals surface area contributed by atoms with Crippen molar-refractivity contribution >= 4 is 11.0 Å². The van der Waals surface area contributed by atoms with Crippen LogP contribution < -0.4 is 0 Å². The molecule has 0 saturated carbocycles. The zero-order valence-electron chi connectivity index (χ0n) is 10.3. The number of likely N-dealkylation sites (N-methyl/N-ethyl adjacent to an activating group) is 2. The van der Waals surface area contributed by atoms with Crippen LogP contribution in [-0.2, 0) is 6.42 Å². The highest BCUT2D eigenvalue weighted by Gasteiger charge is 2.27. The van der Waals surface area contributed by atoms with E-state index in [1.54, 1.807) is 0 Å². The minimum atomic E-state index is 0.468. The van der Waals surface area contributed by atoms with Crippen LogP contribution >= 0.6 is 0 Å². The third kappa shape index (κ3) is 1.94. The lowest BCUT2D eigenvalue weighted by Gasteiger charge is -2.23. The van der Waals surface area contributed by atoms with Gasteiger partial charge < -0.3 is 4.98 Å². The summed E-state index contributed by atoms with van der Waals surface area (Å²) in [5.74, 6) is 1.08. The number of hydrogen-bond donors (Lipinski definition) is 1. The van der Waals surface area contributed by atoms with E-state index in [-0.39, 0.29) is 0 Å². The molecular weight excluding hydrogens is 212 g/mol. The lowest BCUT2D eigenvalue weighted by molar-refractivity contribution is 0.184. The van der Waals surface area contributed by atoms with E-state index in [2.05, 4.69) is 46.0 Å². The van der Waals surface area contributed by atoms with Crippen molar-refractivity contribution in [2.45, 2.75) is 12.6 Å². The van der Waals surface area contributed by atoms with Crippen molar-refractivity contribution in [2.75, 3.05) is 27.2 Å². The van der Waals surface area contributed by atoms with Gasteiger partial charge in [-0.3, -0.25) is 9.80 Å². The Hall–Kier alpha value is -1.39. The number of rotatable bonds is 2. The maximum atomic E-state index is 4.64. The van der Waals surface area contributed by atoms with E-state index in [9.17, 15) is 0 Å². The maximum Gasteiger partial charge on any atom is 0.110 e. The minimum absolute atomic E-state index is 0.468. The van der Waals surface area contributed by atoms with E-state index in [4.69, 9.17) is 0 Å². The largest absolute Gasteiger partial charge is 0.342 e. The first-order valence-corrected chi connectivity index (χ1v) is 6.08. The predicted molar refractivity (Wildman–Crippen MR) is 68.8 cm³/mol. The van der Waals surface area contributed by atoms with Crippen molar-refractivity contribution in [3.63, 3.8) is 0 Å². The maximum absolute atomic E-state index is 4.64. The van der Waals surface area contributed by atoms with Gasteiger partial charge in [0.1, 0.15) is 5.82 Å². The molecule has 1 N–H and O–H groups in total. The third-order valence-electron chi connectivity index (χ3n) is 3.64. The van der Waals surface area contributed by atoms with Gasteiger partial charge in [-0.05, 0) is 26.2 Å². The summed E-state index contributed by atoms with van der Waals surface area (Å²) in [6.45, 7) is 2.28. The summed E-state index contributed by atoms with van der Waals surface area (Å²) >= 11 is 0. The summed E-state index contributed by atoms with van der Waals surface area (Å²) in [4.78, 5) is 12.8. The van der Waals surface area contributed by atoms with Crippen molar-refractivity contribution in [1.82, 2.24) is 19.8 Å². The molecule has 1 aromatic carbocycles. The Morgan fingerprint density at radius 1 is 1.24 bits per heavy atom. The molecule has 4 nitrogen and oxygen atoms in total. The number of nitrogens with one attached hydrogen (secondary N) is 1. The van der Waals surface area contributed by atoms with Crippen LogP contribution in [0.5, 0.6) is 0 Å². The fourth-order valence-electron chi connectivity index (χ4n) is 2.54. The Kier molecular flexibility index (Phi) is 2.61. The standard InChI is InChI=1S/C13H18N4/c1-16-7-8-17(2)13(16)9-12-14-10-5-3-4-6-11(10)15-12/h3-6,13H,7-9H2,1-2H3,(H,14,15). The molecule has 90 valence electrons. The number of benzene rings is 1. The molecule has 4 heteroatoms. The quantitative estimate of drug-likeness (QED) is 0.845. The van der Waals surface area contributed by atoms with E-state index in [1.165, 1.54) is 0 Å². The average Bonchev–Trinajstić information content (AvgIpc) is 2.87. The van der Waals surface area contributed by atoms with Crippen LogP contribution in [0.25, 0.3) is 11.0 Å². The van der Waals surface area contributed by atoms with Gasteiger partial charge in [0.05, 0.1) is 17.2 Å². The Balaban J connectivity index is 1.85. The predicted octanol–water partition coefficient (Wildman–Crippen LogP) is 1.31. The number of aromatic amines is 1. The SMILES string of the molecule is CN1CCN(C)C1Cc1nc2ccccc2[nH]1. The van der Waals surface area contributed by atoms with E-state index in [0.29, 0.717) is 6.17 Å². The summed E-state index contributed by atoms with van der Waals surface area (Å²) in [7, 11) is 4.35. The van der Waals surface area contributed by atoms with E-state index in [1.807, 2.05) is 12.1 Å².